The Bertz CT molecular complexity index is 1480. The van der Waals surface area contributed by atoms with Crippen LogP contribution in [-0.2, 0) is 0 Å². The molecule has 3 aromatic carbocycles. The van der Waals surface area contributed by atoms with Gasteiger partial charge in [-0.05, 0) is 24.3 Å². The van der Waals surface area contributed by atoms with Crippen molar-refractivity contribution in [3.8, 4) is 11.3 Å². The highest BCUT2D eigenvalue weighted by Gasteiger charge is 2.20. The van der Waals surface area contributed by atoms with Crippen molar-refractivity contribution < 1.29 is 4.42 Å². The summed E-state index contributed by atoms with van der Waals surface area (Å²) < 4.78 is 6.31. The van der Waals surface area contributed by atoms with Gasteiger partial charge in [0.05, 0.1) is 10.9 Å². The lowest BCUT2D eigenvalue weighted by atomic mass is 10.0. The van der Waals surface area contributed by atoms with Crippen LogP contribution in [0.1, 0.15) is 0 Å². The summed E-state index contributed by atoms with van der Waals surface area (Å²) in [5.41, 5.74) is 5.40. The number of fused-ring (bicyclic) bond motifs is 7. The van der Waals surface area contributed by atoms with Gasteiger partial charge in [-0.15, -0.1) is 0 Å². The molecule has 27 heavy (non-hydrogen) atoms. The summed E-state index contributed by atoms with van der Waals surface area (Å²) >= 11 is 6.08. The van der Waals surface area contributed by atoms with Crippen LogP contribution in [-0.4, -0.2) is 9.97 Å². The Morgan fingerprint density at radius 1 is 0.778 bits per heavy atom. The fraction of sp³-hybridized carbons (Fsp3) is 0. The standard InChI is InChI=1S/C23H13ClN2O/c24-14-11-9-13(10-12-14)21-22-19(15-5-1-3-7-17(15)25-21)20-16-6-2-4-8-18(16)26-23(20)27-22/h1-12,26H. The fourth-order valence-electron chi connectivity index (χ4n) is 3.89. The van der Waals surface area contributed by atoms with Gasteiger partial charge in [-0.1, -0.05) is 60.1 Å². The van der Waals surface area contributed by atoms with Crippen LogP contribution in [0.4, 0.5) is 0 Å². The third kappa shape index (κ3) is 2.06. The van der Waals surface area contributed by atoms with Gasteiger partial charge < -0.3 is 9.40 Å². The number of nitrogens with zero attached hydrogens (tertiary/aromatic N) is 1. The van der Waals surface area contributed by atoms with Crippen LogP contribution < -0.4 is 0 Å². The van der Waals surface area contributed by atoms with E-state index < -0.39 is 0 Å². The number of benzene rings is 3. The number of hydrogen-bond donors (Lipinski definition) is 1. The summed E-state index contributed by atoms with van der Waals surface area (Å²) in [5, 5.41) is 5.15. The Labute approximate surface area is 159 Å². The van der Waals surface area contributed by atoms with E-state index in [9.17, 15) is 0 Å². The lowest BCUT2D eigenvalue weighted by Crippen LogP contribution is -1.87. The van der Waals surface area contributed by atoms with E-state index in [2.05, 4.69) is 29.2 Å². The van der Waals surface area contributed by atoms with Crippen LogP contribution in [0.5, 0.6) is 0 Å². The minimum Gasteiger partial charge on any atom is -0.437 e. The molecule has 0 radical (unpaired) electrons. The molecule has 0 aliphatic heterocycles. The summed E-state index contributed by atoms with van der Waals surface area (Å²) in [6.45, 7) is 0. The van der Waals surface area contributed by atoms with E-state index in [1.54, 1.807) is 0 Å². The van der Waals surface area contributed by atoms with Crippen molar-refractivity contribution in [2.75, 3.05) is 0 Å². The van der Waals surface area contributed by atoms with E-state index >= 15 is 0 Å². The molecule has 0 spiro atoms. The number of aromatic amines is 1. The molecule has 0 atom stereocenters. The Balaban J connectivity index is 1.86. The Morgan fingerprint density at radius 2 is 1.52 bits per heavy atom. The Hall–Kier alpha value is -3.30. The predicted molar refractivity (Wildman–Crippen MR) is 111 cm³/mol. The molecule has 0 aliphatic rings. The zero-order valence-electron chi connectivity index (χ0n) is 14.2. The minimum absolute atomic E-state index is 0.702. The van der Waals surface area contributed by atoms with Gasteiger partial charge in [-0.25, -0.2) is 4.98 Å². The van der Waals surface area contributed by atoms with Crippen molar-refractivity contribution in [2.45, 2.75) is 0 Å². The highest BCUT2D eigenvalue weighted by Crippen LogP contribution is 2.41. The molecule has 0 aliphatic carbocycles. The number of furan rings is 1. The smallest absolute Gasteiger partial charge is 0.206 e. The molecule has 128 valence electrons. The molecule has 0 bridgehead atoms. The van der Waals surface area contributed by atoms with Gasteiger partial charge in [0.1, 0.15) is 5.69 Å². The molecule has 0 unspecified atom stereocenters. The van der Waals surface area contributed by atoms with Crippen LogP contribution in [0.15, 0.2) is 77.2 Å². The molecule has 0 saturated heterocycles. The zero-order valence-corrected chi connectivity index (χ0v) is 14.9. The van der Waals surface area contributed by atoms with Gasteiger partial charge in [0.2, 0.25) is 5.71 Å². The Kier molecular flexibility index (Phi) is 2.94. The first-order valence-electron chi connectivity index (χ1n) is 8.77. The Morgan fingerprint density at radius 3 is 2.37 bits per heavy atom. The summed E-state index contributed by atoms with van der Waals surface area (Å²) in [5.74, 6) is 0. The first kappa shape index (κ1) is 14.8. The maximum atomic E-state index is 6.31. The van der Waals surface area contributed by atoms with E-state index in [1.807, 2.05) is 48.5 Å². The maximum Gasteiger partial charge on any atom is 0.206 e. The van der Waals surface area contributed by atoms with Gasteiger partial charge in [-0.2, -0.15) is 0 Å². The predicted octanol–water partition coefficient (Wildman–Crippen LogP) is 6.94. The van der Waals surface area contributed by atoms with Gasteiger partial charge in [-0.3, -0.25) is 0 Å². The average molecular weight is 369 g/mol. The number of halogens is 1. The van der Waals surface area contributed by atoms with Crippen LogP contribution in [0.3, 0.4) is 0 Å². The molecule has 0 saturated carbocycles. The quantitative estimate of drug-likeness (QED) is 0.341. The third-order valence-electron chi connectivity index (χ3n) is 5.09. The second-order valence-corrected chi connectivity index (χ2v) is 7.10. The highest BCUT2D eigenvalue weighted by molar-refractivity contribution is 6.31. The lowest BCUT2D eigenvalue weighted by molar-refractivity contribution is 0.657. The SMILES string of the molecule is Clc1ccc(-c2nc3ccccc3c3c2oc2[nH]c4ccccc4c23)cc1. The summed E-state index contributed by atoms with van der Waals surface area (Å²) in [6, 6.07) is 24.2. The van der Waals surface area contributed by atoms with Crippen LogP contribution in [0.2, 0.25) is 5.02 Å². The largest absolute Gasteiger partial charge is 0.437 e. The second-order valence-electron chi connectivity index (χ2n) is 6.67. The van der Waals surface area contributed by atoms with Gasteiger partial charge >= 0.3 is 0 Å². The lowest BCUT2D eigenvalue weighted by Gasteiger charge is -2.06. The second kappa shape index (κ2) is 5.35. The molecule has 0 amide bonds. The molecule has 3 nitrogen and oxygen atoms in total. The van der Waals surface area contributed by atoms with Gasteiger partial charge in [0.25, 0.3) is 0 Å². The molecule has 3 aromatic heterocycles. The molecule has 1 N–H and O–H groups in total. The van der Waals surface area contributed by atoms with Gasteiger partial charge in [0, 0.05) is 32.3 Å². The third-order valence-corrected chi connectivity index (χ3v) is 5.34. The van der Waals surface area contributed by atoms with Crippen molar-refractivity contribution in [3.63, 3.8) is 0 Å². The number of pyridine rings is 1. The van der Waals surface area contributed by atoms with Crippen LogP contribution in [0, 0.1) is 0 Å². The van der Waals surface area contributed by atoms with Crippen molar-refractivity contribution in [1.82, 2.24) is 9.97 Å². The molecular weight excluding hydrogens is 356 g/mol. The first-order valence-corrected chi connectivity index (χ1v) is 9.15. The van der Waals surface area contributed by atoms with E-state index in [4.69, 9.17) is 21.0 Å². The monoisotopic (exact) mass is 368 g/mol. The molecular formula is C23H13ClN2O. The molecule has 6 aromatic rings. The highest BCUT2D eigenvalue weighted by atomic mass is 35.5. The number of rotatable bonds is 1. The number of aromatic nitrogens is 2. The number of nitrogens with one attached hydrogen (secondary N) is 1. The number of hydrogen-bond acceptors (Lipinski definition) is 2. The van der Waals surface area contributed by atoms with Gasteiger partial charge in [0.15, 0.2) is 5.58 Å². The van der Waals surface area contributed by atoms with Crippen molar-refractivity contribution in [3.05, 3.63) is 77.8 Å². The first-order chi connectivity index (χ1) is 13.3. The van der Waals surface area contributed by atoms with Crippen molar-refractivity contribution in [1.29, 1.82) is 0 Å². The van der Waals surface area contributed by atoms with Crippen LogP contribution in [0.25, 0.3) is 55.1 Å². The molecule has 0 fully saturated rings. The van der Waals surface area contributed by atoms with Crippen LogP contribution >= 0.6 is 11.6 Å². The average Bonchev–Trinajstić information content (AvgIpc) is 3.24. The fourth-order valence-corrected chi connectivity index (χ4v) is 4.02. The molecule has 4 heteroatoms. The number of para-hydroxylation sites is 2. The van der Waals surface area contributed by atoms with E-state index in [-0.39, 0.29) is 0 Å². The molecule has 3 heterocycles. The van der Waals surface area contributed by atoms with Crippen molar-refractivity contribution >= 4 is 55.5 Å². The van der Waals surface area contributed by atoms with E-state index in [1.165, 1.54) is 0 Å². The number of H-pyrrole nitrogens is 1. The summed E-state index contributed by atoms with van der Waals surface area (Å²) in [4.78, 5) is 8.31. The molecule has 6 rings (SSSR count). The summed E-state index contributed by atoms with van der Waals surface area (Å²) in [6.07, 6.45) is 0. The topological polar surface area (TPSA) is 41.8 Å². The summed E-state index contributed by atoms with van der Waals surface area (Å²) in [7, 11) is 0. The normalized spacial score (nSPS) is 11.9. The van der Waals surface area contributed by atoms with E-state index in [0.29, 0.717) is 5.02 Å². The van der Waals surface area contributed by atoms with E-state index in [0.717, 1.165) is 55.1 Å². The minimum atomic E-state index is 0.702. The van der Waals surface area contributed by atoms with Crippen molar-refractivity contribution in [2.24, 2.45) is 0 Å². The zero-order chi connectivity index (χ0) is 18.0. The maximum absolute atomic E-state index is 6.31.